The number of amides is 1. The molecule has 0 aromatic heterocycles. The third-order valence-corrected chi connectivity index (χ3v) is 5.47. The SMILES string of the molecule is CN=C(NCC(Cc1ccc(F)cc1)C(N)=O)NC1CCN(c2ccc(C)cc2)C1.I. The molecule has 6 nitrogen and oxygen atoms in total. The standard InChI is InChI=1S/C23H30FN5O.HI/c1-16-3-9-21(10-4-16)29-12-11-20(15-29)28-23(26-2)27-14-18(22(25)30)13-17-5-7-19(24)8-6-17;/h3-10,18,20H,11-15H2,1-2H3,(H2,25,30)(H2,26,27,28);1H. The van der Waals surface area contributed by atoms with Gasteiger partial charge in [-0.15, -0.1) is 24.0 Å². The molecule has 168 valence electrons. The van der Waals surface area contributed by atoms with Crippen LogP contribution in [-0.4, -0.2) is 44.6 Å². The first kappa shape index (κ1) is 24.9. The van der Waals surface area contributed by atoms with Gasteiger partial charge in [0.2, 0.25) is 5.91 Å². The van der Waals surface area contributed by atoms with E-state index in [0.29, 0.717) is 18.9 Å². The van der Waals surface area contributed by atoms with Crippen molar-refractivity contribution in [2.45, 2.75) is 25.8 Å². The molecule has 2 unspecified atom stereocenters. The Labute approximate surface area is 200 Å². The highest BCUT2D eigenvalue weighted by Crippen LogP contribution is 2.20. The summed E-state index contributed by atoms with van der Waals surface area (Å²) < 4.78 is 13.1. The molecule has 1 amide bonds. The quantitative estimate of drug-likeness (QED) is 0.287. The molecule has 8 heteroatoms. The zero-order valence-electron chi connectivity index (χ0n) is 18.0. The van der Waals surface area contributed by atoms with Gasteiger partial charge < -0.3 is 21.3 Å². The van der Waals surface area contributed by atoms with Crippen molar-refractivity contribution >= 4 is 41.5 Å². The largest absolute Gasteiger partial charge is 0.369 e. The van der Waals surface area contributed by atoms with Gasteiger partial charge in [-0.2, -0.15) is 0 Å². The number of guanidine groups is 1. The molecular weight excluding hydrogens is 508 g/mol. The number of carbonyl (C=O) groups excluding carboxylic acids is 1. The molecule has 1 aliphatic heterocycles. The summed E-state index contributed by atoms with van der Waals surface area (Å²) in [5, 5.41) is 6.65. The lowest BCUT2D eigenvalue weighted by Crippen LogP contribution is -2.47. The van der Waals surface area contributed by atoms with Gasteiger partial charge >= 0.3 is 0 Å². The maximum absolute atomic E-state index is 13.1. The molecule has 0 spiro atoms. The summed E-state index contributed by atoms with van der Waals surface area (Å²) >= 11 is 0. The second-order valence-corrected chi connectivity index (χ2v) is 7.79. The normalized spacial score (nSPS) is 17.1. The first-order valence-electron chi connectivity index (χ1n) is 10.3. The fourth-order valence-corrected chi connectivity index (χ4v) is 3.65. The number of aliphatic imine (C=N–C) groups is 1. The van der Waals surface area contributed by atoms with Crippen LogP contribution in [0.1, 0.15) is 17.5 Å². The van der Waals surface area contributed by atoms with E-state index >= 15 is 0 Å². The van der Waals surface area contributed by atoms with Crippen LogP contribution in [0.15, 0.2) is 53.5 Å². The van der Waals surface area contributed by atoms with E-state index in [0.717, 1.165) is 25.1 Å². The van der Waals surface area contributed by atoms with Crippen molar-refractivity contribution in [3.8, 4) is 0 Å². The van der Waals surface area contributed by atoms with Gasteiger partial charge in [-0.05, 0) is 49.6 Å². The average molecular weight is 539 g/mol. The minimum atomic E-state index is -0.415. The van der Waals surface area contributed by atoms with Crippen molar-refractivity contribution in [2.75, 3.05) is 31.6 Å². The minimum Gasteiger partial charge on any atom is -0.369 e. The zero-order chi connectivity index (χ0) is 21.5. The van der Waals surface area contributed by atoms with Crippen LogP contribution in [0.2, 0.25) is 0 Å². The van der Waals surface area contributed by atoms with Crippen LogP contribution in [0.4, 0.5) is 10.1 Å². The number of anilines is 1. The molecule has 4 N–H and O–H groups in total. The van der Waals surface area contributed by atoms with E-state index in [4.69, 9.17) is 5.73 Å². The summed E-state index contributed by atoms with van der Waals surface area (Å²) in [5.74, 6) is -0.459. The molecule has 31 heavy (non-hydrogen) atoms. The van der Waals surface area contributed by atoms with E-state index in [1.807, 2.05) is 0 Å². The number of hydrogen-bond acceptors (Lipinski definition) is 3. The summed E-state index contributed by atoms with van der Waals surface area (Å²) in [6.07, 6.45) is 1.45. The Bertz CT molecular complexity index is 873. The molecule has 2 atom stereocenters. The van der Waals surface area contributed by atoms with Crippen molar-refractivity contribution in [2.24, 2.45) is 16.6 Å². The third-order valence-electron chi connectivity index (χ3n) is 5.47. The molecule has 0 aliphatic carbocycles. The fraction of sp³-hybridized carbons (Fsp3) is 0.391. The highest BCUT2D eigenvalue weighted by atomic mass is 127. The minimum absolute atomic E-state index is 0. The number of nitrogens with two attached hydrogens (primary N) is 1. The van der Waals surface area contributed by atoms with Gasteiger partial charge in [0, 0.05) is 38.4 Å². The summed E-state index contributed by atoms with van der Waals surface area (Å²) in [5.41, 5.74) is 8.92. The Balaban J connectivity index is 0.00000341. The Morgan fingerprint density at radius 3 is 2.52 bits per heavy atom. The topological polar surface area (TPSA) is 82.7 Å². The van der Waals surface area contributed by atoms with Crippen molar-refractivity contribution in [3.63, 3.8) is 0 Å². The monoisotopic (exact) mass is 539 g/mol. The van der Waals surface area contributed by atoms with Crippen LogP contribution >= 0.6 is 24.0 Å². The molecular formula is C23H31FIN5O. The van der Waals surface area contributed by atoms with Gasteiger partial charge in [-0.3, -0.25) is 9.79 Å². The van der Waals surface area contributed by atoms with Crippen molar-refractivity contribution in [3.05, 3.63) is 65.5 Å². The van der Waals surface area contributed by atoms with Crippen LogP contribution in [0, 0.1) is 18.7 Å². The number of aryl methyl sites for hydroxylation is 1. The summed E-state index contributed by atoms with van der Waals surface area (Å²) in [4.78, 5) is 18.5. The molecule has 0 radical (unpaired) electrons. The van der Waals surface area contributed by atoms with Gasteiger partial charge in [-0.1, -0.05) is 29.8 Å². The lowest BCUT2D eigenvalue weighted by atomic mass is 9.98. The number of halogens is 2. The van der Waals surface area contributed by atoms with Crippen molar-refractivity contribution in [1.82, 2.24) is 10.6 Å². The number of rotatable bonds is 7. The fourth-order valence-electron chi connectivity index (χ4n) is 3.65. The van der Waals surface area contributed by atoms with Crippen LogP contribution < -0.4 is 21.3 Å². The highest BCUT2D eigenvalue weighted by molar-refractivity contribution is 14.0. The van der Waals surface area contributed by atoms with E-state index in [1.165, 1.54) is 23.4 Å². The van der Waals surface area contributed by atoms with E-state index in [2.05, 4.69) is 51.7 Å². The first-order chi connectivity index (χ1) is 14.4. The van der Waals surface area contributed by atoms with Crippen LogP contribution in [0.5, 0.6) is 0 Å². The van der Waals surface area contributed by atoms with Gasteiger partial charge in [0.25, 0.3) is 0 Å². The smallest absolute Gasteiger partial charge is 0.222 e. The van der Waals surface area contributed by atoms with Gasteiger partial charge in [0.1, 0.15) is 5.82 Å². The highest BCUT2D eigenvalue weighted by Gasteiger charge is 2.24. The van der Waals surface area contributed by atoms with Gasteiger partial charge in [-0.25, -0.2) is 4.39 Å². The number of hydrogen-bond donors (Lipinski definition) is 3. The van der Waals surface area contributed by atoms with Crippen molar-refractivity contribution in [1.29, 1.82) is 0 Å². The van der Waals surface area contributed by atoms with E-state index < -0.39 is 11.8 Å². The van der Waals surface area contributed by atoms with Crippen LogP contribution in [0.25, 0.3) is 0 Å². The predicted octanol–water partition coefficient (Wildman–Crippen LogP) is 2.84. The summed E-state index contributed by atoms with van der Waals surface area (Å²) in [7, 11) is 1.71. The third kappa shape index (κ3) is 7.37. The Kier molecular flexibility index (Phi) is 9.54. The Morgan fingerprint density at radius 2 is 1.90 bits per heavy atom. The molecule has 3 rings (SSSR count). The van der Waals surface area contributed by atoms with E-state index in [1.54, 1.807) is 19.2 Å². The summed E-state index contributed by atoms with van der Waals surface area (Å²) in [6, 6.07) is 15.0. The molecule has 1 saturated heterocycles. The Morgan fingerprint density at radius 1 is 1.23 bits per heavy atom. The number of carbonyl (C=O) groups is 1. The number of primary amides is 1. The van der Waals surface area contributed by atoms with Crippen LogP contribution in [0.3, 0.4) is 0 Å². The molecule has 0 saturated carbocycles. The molecule has 1 fully saturated rings. The lowest BCUT2D eigenvalue weighted by molar-refractivity contribution is -0.121. The second-order valence-electron chi connectivity index (χ2n) is 7.79. The Hall–Kier alpha value is -2.36. The predicted molar refractivity (Wildman–Crippen MR) is 134 cm³/mol. The second kappa shape index (κ2) is 11.9. The first-order valence-corrected chi connectivity index (χ1v) is 10.3. The molecule has 1 aliphatic rings. The maximum atomic E-state index is 13.1. The molecule has 2 aromatic carbocycles. The number of nitrogens with zero attached hydrogens (tertiary/aromatic N) is 2. The molecule has 1 heterocycles. The average Bonchev–Trinajstić information content (AvgIpc) is 3.20. The zero-order valence-corrected chi connectivity index (χ0v) is 20.3. The van der Waals surface area contributed by atoms with Gasteiger partial charge in [0.15, 0.2) is 5.96 Å². The maximum Gasteiger partial charge on any atom is 0.222 e. The van der Waals surface area contributed by atoms with E-state index in [9.17, 15) is 9.18 Å². The number of benzene rings is 2. The van der Waals surface area contributed by atoms with Crippen molar-refractivity contribution < 1.29 is 9.18 Å². The van der Waals surface area contributed by atoms with Gasteiger partial charge in [0.05, 0.1) is 5.92 Å². The van der Waals surface area contributed by atoms with E-state index in [-0.39, 0.29) is 35.8 Å². The lowest BCUT2D eigenvalue weighted by Gasteiger charge is -2.21. The summed E-state index contributed by atoms with van der Waals surface area (Å²) in [6.45, 7) is 4.31. The van der Waals surface area contributed by atoms with Crippen LogP contribution in [-0.2, 0) is 11.2 Å². The molecule has 0 bridgehead atoms. The number of nitrogens with one attached hydrogen (secondary N) is 2. The molecule has 2 aromatic rings.